The number of nitrogens with zero attached hydrogens (tertiary/aromatic N) is 2. The summed E-state index contributed by atoms with van der Waals surface area (Å²) in [6.45, 7) is 3.92. The molecule has 0 bridgehead atoms. The zero-order valence-electron chi connectivity index (χ0n) is 10.6. The van der Waals surface area contributed by atoms with Crippen molar-refractivity contribution in [3.05, 3.63) is 0 Å². The molecule has 5 nitrogen and oxygen atoms in total. The Morgan fingerprint density at radius 3 is 2.94 bits per heavy atom. The second-order valence-corrected chi connectivity index (χ2v) is 4.99. The molecule has 2 atom stereocenters. The predicted molar refractivity (Wildman–Crippen MR) is 65.6 cm³/mol. The van der Waals surface area contributed by atoms with Gasteiger partial charge in [0.15, 0.2) is 0 Å². The minimum absolute atomic E-state index is 0.0323. The highest BCUT2D eigenvalue weighted by Crippen LogP contribution is 2.17. The van der Waals surface area contributed by atoms with Gasteiger partial charge in [0.05, 0.1) is 12.1 Å². The lowest BCUT2D eigenvalue weighted by Gasteiger charge is -2.39. The van der Waals surface area contributed by atoms with E-state index in [0.717, 1.165) is 45.5 Å². The number of ether oxygens (including phenoxy) is 1. The number of hydrogen-bond donors (Lipinski definition) is 1. The molecule has 2 aliphatic rings. The molecule has 0 saturated carbocycles. The van der Waals surface area contributed by atoms with E-state index in [2.05, 4.69) is 4.90 Å². The average Bonchev–Trinajstić information content (AvgIpc) is 2.81. The molecule has 0 spiro atoms. The van der Waals surface area contributed by atoms with E-state index in [0.29, 0.717) is 6.54 Å². The SMILES string of the molecule is CN1CCN(CC2CCCO2)C(=O)C1CCN. The van der Waals surface area contributed by atoms with Crippen LogP contribution in [0.5, 0.6) is 0 Å². The van der Waals surface area contributed by atoms with Crippen LogP contribution < -0.4 is 5.73 Å². The van der Waals surface area contributed by atoms with E-state index in [1.165, 1.54) is 0 Å². The second-order valence-electron chi connectivity index (χ2n) is 4.99. The largest absolute Gasteiger partial charge is 0.376 e. The van der Waals surface area contributed by atoms with E-state index in [1.54, 1.807) is 0 Å². The molecular weight excluding hydrogens is 218 g/mol. The van der Waals surface area contributed by atoms with Gasteiger partial charge in [-0.05, 0) is 32.9 Å². The number of rotatable bonds is 4. The van der Waals surface area contributed by atoms with Crippen LogP contribution in [-0.2, 0) is 9.53 Å². The highest BCUT2D eigenvalue weighted by molar-refractivity contribution is 5.82. The summed E-state index contributed by atoms with van der Waals surface area (Å²) in [6, 6.07) is -0.0323. The molecule has 2 rings (SSSR count). The van der Waals surface area contributed by atoms with Gasteiger partial charge >= 0.3 is 0 Å². The number of carbonyl (C=O) groups excluding carboxylic acids is 1. The van der Waals surface area contributed by atoms with Crippen LogP contribution in [0.1, 0.15) is 19.3 Å². The number of amides is 1. The number of likely N-dealkylation sites (N-methyl/N-ethyl adjacent to an activating group) is 1. The van der Waals surface area contributed by atoms with E-state index in [9.17, 15) is 4.79 Å². The molecule has 2 heterocycles. The lowest BCUT2D eigenvalue weighted by molar-refractivity contribution is -0.142. The molecule has 2 unspecified atom stereocenters. The van der Waals surface area contributed by atoms with Crippen molar-refractivity contribution in [2.75, 3.05) is 39.8 Å². The predicted octanol–water partition coefficient (Wildman–Crippen LogP) is -0.343. The fraction of sp³-hybridized carbons (Fsp3) is 0.917. The van der Waals surface area contributed by atoms with Gasteiger partial charge in [0.1, 0.15) is 0 Å². The summed E-state index contributed by atoms with van der Waals surface area (Å²) in [6.07, 6.45) is 3.21. The molecule has 2 fully saturated rings. The van der Waals surface area contributed by atoms with Crippen LogP contribution in [0.25, 0.3) is 0 Å². The van der Waals surface area contributed by atoms with Crippen LogP contribution >= 0.6 is 0 Å². The van der Waals surface area contributed by atoms with E-state index >= 15 is 0 Å². The molecule has 1 amide bonds. The molecule has 0 aromatic heterocycles. The van der Waals surface area contributed by atoms with Gasteiger partial charge in [-0.25, -0.2) is 0 Å². The third kappa shape index (κ3) is 2.97. The normalized spacial score (nSPS) is 31.2. The van der Waals surface area contributed by atoms with Crippen LogP contribution in [0.15, 0.2) is 0 Å². The highest BCUT2D eigenvalue weighted by atomic mass is 16.5. The minimum Gasteiger partial charge on any atom is -0.376 e. The van der Waals surface area contributed by atoms with Crippen molar-refractivity contribution >= 4 is 5.91 Å². The van der Waals surface area contributed by atoms with Crippen molar-refractivity contribution in [2.45, 2.75) is 31.4 Å². The van der Waals surface area contributed by atoms with Crippen LogP contribution in [0.2, 0.25) is 0 Å². The Morgan fingerprint density at radius 2 is 2.29 bits per heavy atom. The van der Waals surface area contributed by atoms with Crippen LogP contribution in [0.4, 0.5) is 0 Å². The van der Waals surface area contributed by atoms with Crippen LogP contribution in [0, 0.1) is 0 Å². The minimum atomic E-state index is -0.0323. The Hall–Kier alpha value is -0.650. The van der Waals surface area contributed by atoms with Gasteiger partial charge in [-0.2, -0.15) is 0 Å². The number of hydrogen-bond acceptors (Lipinski definition) is 4. The second kappa shape index (κ2) is 5.80. The fourth-order valence-electron chi connectivity index (χ4n) is 2.66. The van der Waals surface area contributed by atoms with Crippen LogP contribution in [0.3, 0.4) is 0 Å². The number of nitrogens with two attached hydrogens (primary N) is 1. The van der Waals surface area contributed by atoms with Gasteiger partial charge in [0, 0.05) is 26.2 Å². The van der Waals surface area contributed by atoms with Gasteiger partial charge < -0.3 is 15.4 Å². The third-order valence-corrected chi connectivity index (χ3v) is 3.74. The lowest BCUT2D eigenvalue weighted by atomic mass is 10.1. The van der Waals surface area contributed by atoms with Gasteiger partial charge in [-0.1, -0.05) is 0 Å². The number of carbonyl (C=O) groups is 1. The molecule has 2 N–H and O–H groups in total. The van der Waals surface area contributed by atoms with Crippen molar-refractivity contribution in [3.63, 3.8) is 0 Å². The first-order valence-electron chi connectivity index (χ1n) is 6.53. The smallest absolute Gasteiger partial charge is 0.240 e. The van der Waals surface area contributed by atoms with Gasteiger partial charge in [0.25, 0.3) is 0 Å². The molecule has 0 aliphatic carbocycles. The first-order chi connectivity index (χ1) is 8.22. The summed E-state index contributed by atoms with van der Waals surface area (Å²) >= 11 is 0. The first-order valence-corrected chi connectivity index (χ1v) is 6.53. The summed E-state index contributed by atoms with van der Waals surface area (Å²) in [5.74, 6) is 0.222. The highest BCUT2D eigenvalue weighted by Gasteiger charge is 2.33. The average molecular weight is 241 g/mol. The van der Waals surface area contributed by atoms with E-state index in [4.69, 9.17) is 10.5 Å². The molecule has 2 aliphatic heterocycles. The Bertz CT molecular complexity index is 266. The monoisotopic (exact) mass is 241 g/mol. The van der Waals surface area contributed by atoms with Crippen LogP contribution in [-0.4, -0.2) is 67.7 Å². The molecule has 17 heavy (non-hydrogen) atoms. The third-order valence-electron chi connectivity index (χ3n) is 3.74. The maximum Gasteiger partial charge on any atom is 0.240 e. The van der Waals surface area contributed by atoms with Gasteiger partial charge in [-0.15, -0.1) is 0 Å². The zero-order valence-corrected chi connectivity index (χ0v) is 10.6. The number of piperazine rings is 1. The van der Waals surface area contributed by atoms with Gasteiger partial charge in [-0.3, -0.25) is 9.69 Å². The fourth-order valence-corrected chi connectivity index (χ4v) is 2.66. The van der Waals surface area contributed by atoms with E-state index < -0.39 is 0 Å². The maximum absolute atomic E-state index is 12.3. The molecule has 2 saturated heterocycles. The Kier molecular flexibility index (Phi) is 4.36. The standard InChI is InChI=1S/C12H23N3O2/c1-14-6-7-15(9-10-3-2-8-17-10)12(16)11(14)4-5-13/h10-11H,2-9,13H2,1H3. The van der Waals surface area contributed by atoms with Gasteiger partial charge in [0.2, 0.25) is 5.91 Å². The molecule has 0 aromatic carbocycles. The summed E-state index contributed by atoms with van der Waals surface area (Å²) in [5, 5.41) is 0. The van der Waals surface area contributed by atoms with E-state index in [-0.39, 0.29) is 18.1 Å². The van der Waals surface area contributed by atoms with Crippen molar-refractivity contribution in [3.8, 4) is 0 Å². The molecule has 98 valence electrons. The summed E-state index contributed by atoms with van der Waals surface area (Å²) < 4.78 is 5.59. The lowest BCUT2D eigenvalue weighted by Crippen LogP contribution is -2.57. The van der Waals surface area contributed by atoms with Crippen molar-refractivity contribution in [1.29, 1.82) is 0 Å². The molecule has 0 radical (unpaired) electrons. The van der Waals surface area contributed by atoms with Crippen molar-refractivity contribution in [1.82, 2.24) is 9.80 Å². The Balaban J connectivity index is 1.91. The zero-order chi connectivity index (χ0) is 12.3. The Morgan fingerprint density at radius 1 is 1.47 bits per heavy atom. The quantitative estimate of drug-likeness (QED) is 0.731. The van der Waals surface area contributed by atoms with Crippen molar-refractivity contribution < 1.29 is 9.53 Å². The molecular formula is C12H23N3O2. The summed E-state index contributed by atoms with van der Waals surface area (Å²) in [5.41, 5.74) is 5.57. The summed E-state index contributed by atoms with van der Waals surface area (Å²) in [4.78, 5) is 16.4. The topological polar surface area (TPSA) is 58.8 Å². The van der Waals surface area contributed by atoms with E-state index in [1.807, 2.05) is 11.9 Å². The Labute approximate surface area is 103 Å². The first kappa shape index (κ1) is 12.8. The van der Waals surface area contributed by atoms with Crippen molar-refractivity contribution in [2.24, 2.45) is 5.73 Å². The maximum atomic E-state index is 12.3. The summed E-state index contributed by atoms with van der Waals surface area (Å²) in [7, 11) is 2.00. The molecule has 5 heteroatoms. The molecule has 0 aromatic rings.